The van der Waals surface area contributed by atoms with Gasteiger partial charge in [0, 0.05) is 18.7 Å². The van der Waals surface area contributed by atoms with Crippen LogP contribution in [0.25, 0.3) is 0 Å². The first kappa shape index (κ1) is 14.1. The maximum Gasteiger partial charge on any atom is 0.334 e. The number of esters is 1. The van der Waals surface area contributed by atoms with Crippen molar-refractivity contribution in [1.29, 1.82) is 0 Å². The van der Waals surface area contributed by atoms with Crippen LogP contribution in [0.1, 0.15) is 20.3 Å². The van der Waals surface area contributed by atoms with Crippen LogP contribution < -0.4 is 0 Å². The maximum atomic E-state index is 11.2. The van der Waals surface area contributed by atoms with E-state index in [1.807, 2.05) is 11.9 Å². The van der Waals surface area contributed by atoms with Gasteiger partial charge >= 0.3 is 5.97 Å². The summed E-state index contributed by atoms with van der Waals surface area (Å²) in [5.74, 6) is -0.346. The molecule has 0 aromatic heterocycles. The van der Waals surface area contributed by atoms with Crippen LogP contribution in [0.5, 0.6) is 0 Å². The van der Waals surface area contributed by atoms with Crippen LogP contribution in [0.2, 0.25) is 0 Å². The number of nitrogens with zero attached hydrogens (tertiary/aromatic N) is 1. The minimum Gasteiger partial charge on any atom is -0.463 e. The molecule has 0 rings (SSSR count). The SMILES string of the molecule is C=C(CN(C)CCC(C)O)C(=O)OCC. The molecule has 4 nitrogen and oxygen atoms in total. The van der Waals surface area contributed by atoms with Gasteiger partial charge in [0.25, 0.3) is 0 Å². The van der Waals surface area contributed by atoms with Crippen molar-refractivity contribution in [2.45, 2.75) is 26.4 Å². The summed E-state index contributed by atoms with van der Waals surface area (Å²) in [5, 5.41) is 9.09. The van der Waals surface area contributed by atoms with Crippen LogP contribution in [0.15, 0.2) is 12.2 Å². The van der Waals surface area contributed by atoms with Gasteiger partial charge in [-0.05, 0) is 27.3 Å². The van der Waals surface area contributed by atoms with E-state index in [1.54, 1.807) is 13.8 Å². The van der Waals surface area contributed by atoms with E-state index >= 15 is 0 Å². The first-order valence-corrected chi connectivity index (χ1v) is 5.18. The molecular weight excluding hydrogens is 194 g/mol. The van der Waals surface area contributed by atoms with Gasteiger partial charge in [0.15, 0.2) is 0 Å². The van der Waals surface area contributed by atoms with Gasteiger partial charge in [-0.15, -0.1) is 0 Å². The third kappa shape index (κ3) is 7.11. The number of ether oxygens (including phenoxy) is 1. The van der Waals surface area contributed by atoms with Crippen LogP contribution in [0.3, 0.4) is 0 Å². The summed E-state index contributed by atoms with van der Waals surface area (Å²) < 4.78 is 4.82. The van der Waals surface area contributed by atoms with Crippen molar-refractivity contribution in [3.63, 3.8) is 0 Å². The number of aliphatic hydroxyl groups is 1. The lowest BCUT2D eigenvalue weighted by atomic mass is 10.2. The molecule has 0 radical (unpaired) electrons. The number of rotatable bonds is 7. The van der Waals surface area contributed by atoms with Crippen molar-refractivity contribution in [2.24, 2.45) is 0 Å². The Morgan fingerprint density at radius 3 is 2.67 bits per heavy atom. The van der Waals surface area contributed by atoms with E-state index in [9.17, 15) is 4.79 Å². The Bertz CT molecular complexity index is 214. The molecule has 0 heterocycles. The summed E-state index contributed by atoms with van der Waals surface area (Å²) in [4.78, 5) is 13.2. The summed E-state index contributed by atoms with van der Waals surface area (Å²) in [5.41, 5.74) is 0.449. The van der Waals surface area contributed by atoms with E-state index in [2.05, 4.69) is 6.58 Å². The number of hydrogen-bond donors (Lipinski definition) is 1. The van der Waals surface area contributed by atoms with Gasteiger partial charge in [0.05, 0.1) is 12.7 Å². The molecule has 1 N–H and O–H groups in total. The molecular formula is C11H21NO3. The zero-order valence-electron chi connectivity index (χ0n) is 9.82. The monoisotopic (exact) mass is 215 g/mol. The Morgan fingerprint density at radius 1 is 1.60 bits per heavy atom. The quantitative estimate of drug-likeness (QED) is 0.504. The normalized spacial score (nSPS) is 12.6. The average molecular weight is 215 g/mol. The van der Waals surface area contributed by atoms with Crippen molar-refractivity contribution >= 4 is 5.97 Å². The van der Waals surface area contributed by atoms with Crippen LogP contribution in [-0.4, -0.2) is 48.8 Å². The molecule has 0 aromatic carbocycles. The lowest BCUT2D eigenvalue weighted by molar-refractivity contribution is -0.138. The average Bonchev–Trinajstić information content (AvgIpc) is 2.15. The number of likely N-dealkylation sites (N-methyl/N-ethyl adjacent to an activating group) is 1. The molecule has 0 aromatic rings. The van der Waals surface area contributed by atoms with Crippen molar-refractivity contribution in [2.75, 3.05) is 26.7 Å². The Balaban J connectivity index is 3.80. The largest absolute Gasteiger partial charge is 0.463 e. The molecule has 0 fully saturated rings. The zero-order valence-corrected chi connectivity index (χ0v) is 9.82. The smallest absolute Gasteiger partial charge is 0.334 e. The fraction of sp³-hybridized carbons (Fsp3) is 0.727. The van der Waals surface area contributed by atoms with E-state index < -0.39 is 0 Å². The second-order valence-corrected chi connectivity index (χ2v) is 3.70. The van der Waals surface area contributed by atoms with Crippen molar-refractivity contribution < 1.29 is 14.6 Å². The van der Waals surface area contributed by atoms with Crippen LogP contribution in [0, 0.1) is 0 Å². The van der Waals surface area contributed by atoms with Gasteiger partial charge in [-0.3, -0.25) is 0 Å². The fourth-order valence-corrected chi connectivity index (χ4v) is 1.11. The van der Waals surface area contributed by atoms with Crippen molar-refractivity contribution in [1.82, 2.24) is 4.90 Å². The van der Waals surface area contributed by atoms with Gasteiger partial charge < -0.3 is 14.7 Å². The molecule has 4 heteroatoms. The number of hydrogen-bond acceptors (Lipinski definition) is 4. The second-order valence-electron chi connectivity index (χ2n) is 3.70. The second kappa shape index (κ2) is 7.43. The summed E-state index contributed by atoms with van der Waals surface area (Å²) >= 11 is 0. The summed E-state index contributed by atoms with van der Waals surface area (Å²) in [7, 11) is 1.88. The summed E-state index contributed by atoms with van der Waals surface area (Å²) in [6.07, 6.45) is 0.371. The highest BCUT2D eigenvalue weighted by molar-refractivity contribution is 5.88. The number of carbonyl (C=O) groups is 1. The molecule has 0 spiro atoms. The molecule has 1 unspecified atom stereocenters. The standard InChI is InChI=1S/C11H21NO3/c1-5-15-11(14)9(2)8-12(4)7-6-10(3)13/h10,13H,2,5-8H2,1,3-4H3. The Kier molecular flexibility index (Phi) is 6.99. The molecule has 15 heavy (non-hydrogen) atoms. The predicted octanol–water partition coefficient (Wildman–Crippen LogP) is 0.808. The first-order chi connectivity index (χ1) is 6.97. The molecule has 88 valence electrons. The molecule has 0 aliphatic rings. The third-order valence-corrected chi connectivity index (χ3v) is 1.95. The molecule has 0 saturated carbocycles. The molecule has 0 bridgehead atoms. The maximum absolute atomic E-state index is 11.2. The van der Waals surface area contributed by atoms with Gasteiger partial charge in [-0.1, -0.05) is 6.58 Å². The van der Waals surface area contributed by atoms with E-state index in [-0.39, 0.29) is 12.1 Å². The summed E-state index contributed by atoms with van der Waals surface area (Å²) in [6, 6.07) is 0. The molecule has 0 amide bonds. The molecule has 0 aliphatic heterocycles. The third-order valence-electron chi connectivity index (χ3n) is 1.95. The van der Waals surface area contributed by atoms with Crippen molar-refractivity contribution in [3.05, 3.63) is 12.2 Å². The highest BCUT2D eigenvalue weighted by atomic mass is 16.5. The highest BCUT2D eigenvalue weighted by Gasteiger charge is 2.10. The van der Waals surface area contributed by atoms with Crippen LogP contribution >= 0.6 is 0 Å². The Labute approximate surface area is 91.5 Å². The van der Waals surface area contributed by atoms with E-state index in [0.29, 0.717) is 25.1 Å². The van der Waals surface area contributed by atoms with Crippen molar-refractivity contribution in [3.8, 4) is 0 Å². The molecule has 0 saturated heterocycles. The number of aliphatic hydroxyl groups excluding tert-OH is 1. The lowest BCUT2D eigenvalue weighted by Crippen LogP contribution is -2.27. The lowest BCUT2D eigenvalue weighted by Gasteiger charge is -2.17. The minimum absolute atomic E-state index is 0.316. The topological polar surface area (TPSA) is 49.8 Å². The molecule has 0 aliphatic carbocycles. The minimum atomic E-state index is -0.346. The van der Waals surface area contributed by atoms with Crippen LogP contribution in [0.4, 0.5) is 0 Å². The van der Waals surface area contributed by atoms with Gasteiger partial charge in [0.2, 0.25) is 0 Å². The highest BCUT2D eigenvalue weighted by Crippen LogP contribution is 2.00. The van der Waals surface area contributed by atoms with E-state index in [1.165, 1.54) is 0 Å². The van der Waals surface area contributed by atoms with Gasteiger partial charge in [-0.25, -0.2) is 4.79 Å². The van der Waals surface area contributed by atoms with Crippen LogP contribution in [-0.2, 0) is 9.53 Å². The zero-order chi connectivity index (χ0) is 11.8. The van der Waals surface area contributed by atoms with Gasteiger partial charge in [0.1, 0.15) is 0 Å². The summed E-state index contributed by atoms with van der Waals surface area (Å²) in [6.45, 7) is 8.75. The Hall–Kier alpha value is -0.870. The number of carbonyl (C=O) groups excluding carboxylic acids is 1. The predicted molar refractivity (Wildman–Crippen MR) is 59.6 cm³/mol. The Morgan fingerprint density at radius 2 is 2.20 bits per heavy atom. The van der Waals surface area contributed by atoms with Gasteiger partial charge in [-0.2, -0.15) is 0 Å². The first-order valence-electron chi connectivity index (χ1n) is 5.18. The fourth-order valence-electron chi connectivity index (χ4n) is 1.11. The molecule has 1 atom stereocenters. The van der Waals surface area contributed by atoms with E-state index in [4.69, 9.17) is 9.84 Å². The van der Waals surface area contributed by atoms with E-state index in [0.717, 1.165) is 6.54 Å².